The zero-order valence-electron chi connectivity index (χ0n) is 16.1. The van der Waals surface area contributed by atoms with E-state index in [4.69, 9.17) is 5.41 Å². The first kappa shape index (κ1) is 21.5. The average molecular weight is 427 g/mol. The molecule has 2 aliphatic rings. The monoisotopic (exact) mass is 427 g/mol. The molecule has 12 heteroatoms. The summed E-state index contributed by atoms with van der Waals surface area (Å²) in [6, 6.07) is -1.55. The fraction of sp³-hybridized carbons (Fsp3) is 0.444. The third-order valence-electron chi connectivity index (χ3n) is 4.83. The molecule has 4 N–H and O–H groups in total. The lowest BCUT2D eigenvalue weighted by Gasteiger charge is -2.34. The van der Waals surface area contributed by atoms with Gasteiger partial charge in [0, 0.05) is 25.5 Å². The summed E-state index contributed by atoms with van der Waals surface area (Å²) in [5.41, 5.74) is 0.994. The Labute approximate surface area is 170 Å². The van der Waals surface area contributed by atoms with Crippen molar-refractivity contribution in [3.05, 3.63) is 35.7 Å². The van der Waals surface area contributed by atoms with Crippen LogP contribution in [0, 0.1) is 11.2 Å². The van der Waals surface area contributed by atoms with E-state index in [2.05, 4.69) is 20.6 Å². The van der Waals surface area contributed by atoms with E-state index in [1.165, 1.54) is 11.1 Å². The van der Waals surface area contributed by atoms with Crippen LogP contribution in [0.4, 0.5) is 28.3 Å². The van der Waals surface area contributed by atoms with E-state index in [0.29, 0.717) is 24.1 Å². The van der Waals surface area contributed by atoms with Crippen molar-refractivity contribution < 1.29 is 22.4 Å². The Bertz CT molecular complexity index is 884. The molecule has 2 amide bonds. The lowest BCUT2D eigenvalue weighted by atomic mass is 9.98. The van der Waals surface area contributed by atoms with E-state index < -0.39 is 30.6 Å². The summed E-state index contributed by atoms with van der Waals surface area (Å²) in [6.07, 6.45) is 2.20. The molecule has 8 nitrogen and oxygen atoms in total. The highest BCUT2D eigenvalue weighted by molar-refractivity contribution is 5.80. The summed E-state index contributed by atoms with van der Waals surface area (Å²) in [4.78, 5) is 21.7. The third-order valence-corrected chi connectivity index (χ3v) is 4.83. The van der Waals surface area contributed by atoms with Crippen LogP contribution >= 0.6 is 0 Å². The summed E-state index contributed by atoms with van der Waals surface area (Å²) in [5, 5.41) is 14.8. The van der Waals surface area contributed by atoms with E-state index in [1.807, 2.05) is 5.32 Å². The predicted molar refractivity (Wildman–Crippen MR) is 102 cm³/mol. The molecular weight excluding hydrogens is 406 g/mol. The number of rotatable bonds is 6. The molecule has 1 aromatic heterocycles. The second-order valence-corrected chi connectivity index (χ2v) is 6.92. The Morgan fingerprint density at radius 3 is 2.80 bits per heavy atom. The Hall–Kier alpha value is -3.18. The van der Waals surface area contributed by atoms with Gasteiger partial charge in [-0.15, -0.1) is 0 Å². The lowest BCUT2D eigenvalue weighted by Crippen LogP contribution is -2.50. The summed E-state index contributed by atoms with van der Waals surface area (Å²) in [6.45, 7) is -1.40. The number of nitrogens with zero attached hydrogens (tertiary/aromatic N) is 3. The van der Waals surface area contributed by atoms with Crippen molar-refractivity contribution in [2.45, 2.75) is 37.5 Å². The van der Waals surface area contributed by atoms with Gasteiger partial charge in [0.05, 0.1) is 17.9 Å². The molecular formula is C18H21F4N7O. The highest BCUT2D eigenvalue weighted by atomic mass is 19.4. The number of anilines is 1. The molecule has 0 spiro atoms. The Morgan fingerprint density at radius 2 is 2.17 bits per heavy atom. The molecule has 2 unspecified atom stereocenters. The minimum atomic E-state index is -4.49. The number of hydrogen-bond donors (Lipinski definition) is 4. The summed E-state index contributed by atoms with van der Waals surface area (Å²) in [7, 11) is 1.65. The van der Waals surface area contributed by atoms with Crippen LogP contribution in [0.25, 0.3) is 5.57 Å². The van der Waals surface area contributed by atoms with Gasteiger partial charge >= 0.3 is 12.2 Å². The quantitative estimate of drug-likeness (QED) is 0.413. The van der Waals surface area contributed by atoms with Gasteiger partial charge in [-0.3, -0.25) is 0 Å². The number of carbonyl (C=O) groups excluding carboxylic acids is 1. The van der Waals surface area contributed by atoms with E-state index in [-0.39, 0.29) is 24.1 Å². The fourth-order valence-electron chi connectivity index (χ4n) is 3.64. The molecule has 30 heavy (non-hydrogen) atoms. The summed E-state index contributed by atoms with van der Waals surface area (Å²) < 4.78 is 51.6. The molecule has 3 rings (SSSR count). The topological polar surface area (TPSA) is 106 Å². The van der Waals surface area contributed by atoms with Gasteiger partial charge in [-0.2, -0.15) is 13.2 Å². The van der Waals surface area contributed by atoms with Crippen molar-refractivity contribution in [1.29, 1.82) is 5.41 Å². The lowest BCUT2D eigenvalue weighted by molar-refractivity contribution is -0.123. The SMILES string of the molecule is CN/C=C(\C=N)Nc1ncc(F)c(C2=CC3CCC(C2)N3C(=O)NCC(F)(F)F)n1. The van der Waals surface area contributed by atoms with Gasteiger partial charge in [0.2, 0.25) is 5.95 Å². The molecule has 0 radical (unpaired) electrons. The fourth-order valence-corrected chi connectivity index (χ4v) is 3.64. The molecule has 2 bridgehead atoms. The molecule has 162 valence electrons. The summed E-state index contributed by atoms with van der Waals surface area (Å²) >= 11 is 0. The number of alkyl halides is 3. The number of allylic oxidation sites excluding steroid dienone is 1. The van der Waals surface area contributed by atoms with Crippen molar-refractivity contribution in [3.8, 4) is 0 Å². The van der Waals surface area contributed by atoms with Crippen molar-refractivity contribution in [2.24, 2.45) is 0 Å². The first-order valence-corrected chi connectivity index (χ1v) is 9.23. The zero-order chi connectivity index (χ0) is 21.9. The Balaban J connectivity index is 1.79. The van der Waals surface area contributed by atoms with Crippen molar-refractivity contribution in [3.63, 3.8) is 0 Å². The number of amides is 2. The van der Waals surface area contributed by atoms with Gasteiger partial charge in [-0.1, -0.05) is 6.08 Å². The van der Waals surface area contributed by atoms with Gasteiger partial charge in [-0.05, 0) is 24.8 Å². The van der Waals surface area contributed by atoms with Crippen molar-refractivity contribution in [1.82, 2.24) is 25.5 Å². The van der Waals surface area contributed by atoms with E-state index >= 15 is 0 Å². The molecule has 0 saturated carbocycles. The van der Waals surface area contributed by atoms with Crippen LogP contribution in [0.2, 0.25) is 0 Å². The van der Waals surface area contributed by atoms with E-state index in [1.54, 1.807) is 13.1 Å². The maximum absolute atomic E-state index is 14.4. The minimum absolute atomic E-state index is 0.0635. The highest BCUT2D eigenvalue weighted by Crippen LogP contribution is 2.38. The van der Waals surface area contributed by atoms with Crippen molar-refractivity contribution in [2.75, 3.05) is 18.9 Å². The van der Waals surface area contributed by atoms with Crippen LogP contribution in [0.1, 0.15) is 25.0 Å². The molecule has 1 saturated heterocycles. The largest absolute Gasteiger partial charge is 0.405 e. The molecule has 1 fully saturated rings. The van der Waals surface area contributed by atoms with Gasteiger partial charge in [0.25, 0.3) is 0 Å². The van der Waals surface area contributed by atoms with Gasteiger partial charge in [0.1, 0.15) is 12.2 Å². The molecule has 1 aromatic rings. The number of nitrogens with one attached hydrogen (secondary N) is 4. The average Bonchev–Trinajstić information content (AvgIpc) is 2.96. The first-order chi connectivity index (χ1) is 14.2. The normalized spacial score (nSPS) is 21.2. The molecule has 0 aliphatic carbocycles. The number of halogens is 4. The van der Waals surface area contributed by atoms with Crippen LogP contribution in [-0.2, 0) is 0 Å². The van der Waals surface area contributed by atoms with E-state index in [0.717, 1.165) is 12.4 Å². The maximum Gasteiger partial charge on any atom is 0.405 e. The van der Waals surface area contributed by atoms with Gasteiger partial charge in [0.15, 0.2) is 5.82 Å². The first-order valence-electron chi connectivity index (χ1n) is 9.23. The van der Waals surface area contributed by atoms with Crippen LogP contribution in [0.15, 0.2) is 24.2 Å². The van der Waals surface area contributed by atoms with Crippen LogP contribution in [0.3, 0.4) is 0 Å². The number of fused-ring (bicyclic) bond motifs is 2. The number of hydrogen-bond acceptors (Lipinski definition) is 6. The minimum Gasteiger partial charge on any atom is -0.392 e. The van der Waals surface area contributed by atoms with Gasteiger partial charge in [-0.25, -0.2) is 19.2 Å². The third kappa shape index (κ3) is 4.86. The molecule has 0 aromatic carbocycles. The highest BCUT2D eigenvalue weighted by Gasteiger charge is 2.41. The molecule has 2 atom stereocenters. The Morgan fingerprint density at radius 1 is 1.40 bits per heavy atom. The van der Waals surface area contributed by atoms with Crippen LogP contribution < -0.4 is 16.0 Å². The maximum atomic E-state index is 14.4. The van der Waals surface area contributed by atoms with Gasteiger partial charge < -0.3 is 26.3 Å². The van der Waals surface area contributed by atoms with Crippen LogP contribution in [-0.4, -0.2) is 59.0 Å². The smallest absolute Gasteiger partial charge is 0.392 e. The number of aromatic nitrogens is 2. The molecule has 2 aliphatic heterocycles. The second kappa shape index (κ2) is 8.67. The number of carbonyl (C=O) groups is 1. The van der Waals surface area contributed by atoms with Crippen molar-refractivity contribution >= 4 is 23.8 Å². The zero-order valence-corrected chi connectivity index (χ0v) is 16.1. The summed E-state index contributed by atoms with van der Waals surface area (Å²) in [5.74, 6) is -0.551. The van der Waals surface area contributed by atoms with Crippen LogP contribution in [0.5, 0.6) is 0 Å². The van der Waals surface area contributed by atoms with E-state index in [9.17, 15) is 22.4 Å². The predicted octanol–water partition coefficient (Wildman–Crippen LogP) is 2.63. The standard InChI is InChI=1S/C18H21F4N7O/c1-24-7-11(6-23)27-16-25-8-14(19)15(28-16)10-4-12-2-3-13(5-10)29(12)17(30)26-9-18(20,21)22/h4,6-8,12-13,23-24H,2-3,5,9H2,1H3,(H,26,30)(H,25,27,28)/b11-7+,23-6?. The molecule has 3 heterocycles. The number of urea groups is 1. The Kier molecular flexibility index (Phi) is 6.22. The second-order valence-electron chi connectivity index (χ2n) is 6.92.